The fourth-order valence-electron chi connectivity index (χ4n) is 3.80. The van der Waals surface area contributed by atoms with Gasteiger partial charge >= 0.3 is 0 Å². The van der Waals surface area contributed by atoms with E-state index in [4.69, 9.17) is 10.5 Å². The van der Waals surface area contributed by atoms with Crippen molar-refractivity contribution in [2.75, 3.05) is 11.9 Å². The van der Waals surface area contributed by atoms with E-state index < -0.39 is 10.8 Å². The van der Waals surface area contributed by atoms with Gasteiger partial charge in [0.15, 0.2) is 0 Å². The first kappa shape index (κ1) is 15.7. The molecule has 2 atom stereocenters. The lowest BCUT2D eigenvalue weighted by atomic mass is 9.51. The number of amides is 1. The fourth-order valence-corrected chi connectivity index (χ4v) is 3.80. The second-order valence-corrected chi connectivity index (χ2v) is 6.31. The van der Waals surface area contributed by atoms with Crippen molar-refractivity contribution >= 4 is 17.3 Å². The van der Waals surface area contributed by atoms with Crippen molar-refractivity contribution in [2.45, 2.75) is 44.8 Å². The highest BCUT2D eigenvalue weighted by Gasteiger charge is 2.59. The number of ether oxygens (including phenoxy) is 1. The highest BCUT2D eigenvalue weighted by molar-refractivity contribution is 5.99. The molecular formula is C16H21N3O4. The summed E-state index contributed by atoms with van der Waals surface area (Å²) in [6.07, 6.45) is 4.53. The summed E-state index contributed by atoms with van der Waals surface area (Å²) in [5.41, 5.74) is 6.10. The highest BCUT2D eigenvalue weighted by Crippen LogP contribution is 2.58. The number of benzene rings is 1. The SMILES string of the molecule is CCOC1CC(Nc2ccc([N+](=O)[O-])cc2C(N)=O)C12CCC2. The standard InChI is InChI=1S/C16H21N3O4/c1-2-23-14-9-13(16(14)6-3-7-16)18-12-5-4-10(19(21)22)8-11(12)15(17)20/h4-5,8,13-14,18H,2-3,6-7,9H2,1H3,(H2,17,20). The summed E-state index contributed by atoms with van der Waals surface area (Å²) in [6, 6.07) is 4.41. The Balaban J connectivity index is 1.81. The zero-order valence-electron chi connectivity index (χ0n) is 13.1. The van der Waals surface area contributed by atoms with Crippen LogP contribution in [0.4, 0.5) is 11.4 Å². The number of hydrogen-bond donors (Lipinski definition) is 2. The van der Waals surface area contributed by atoms with E-state index in [1.54, 1.807) is 6.07 Å². The van der Waals surface area contributed by atoms with Crippen molar-refractivity contribution in [1.29, 1.82) is 0 Å². The normalized spacial score (nSPS) is 24.6. The minimum absolute atomic E-state index is 0.132. The fraction of sp³-hybridized carbons (Fsp3) is 0.562. The van der Waals surface area contributed by atoms with Crippen LogP contribution in [0.15, 0.2) is 18.2 Å². The second kappa shape index (κ2) is 5.81. The van der Waals surface area contributed by atoms with Crippen molar-refractivity contribution in [3.05, 3.63) is 33.9 Å². The number of carbonyl (C=O) groups is 1. The minimum Gasteiger partial charge on any atom is -0.381 e. The Morgan fingerprint density at radius 3 is 2.78 bits per heavy atom. The summed E-state index contributed by atoms with van der Waals surface area (Å²) in [5.74, 6) is -0.667. The zero-order valence-corrected chi connectivity index (χ0v) is 13.1. The number of nitrogens with two attached hydrogens (primary N) is 1. The van der Waals surface area contributed by atoms with E-state index in [0.29, 0.717) is 12.3 Å². The summed E-state index contributed by atoms with van der Waals surface area (Å²) in [6.45, 7) is 2.69. The number of nitrogens with zero attached hydrogens (tertiary/aromatic N) is 1. The molecule has 2 aliphatic carbocycles. The lowest BCUT2D eigenvalue weighted by Crippen LogP contribution is -2.64. The van der Waals surface area contributed by atoms with Gasteiger partial charge in [0.2, 0.25) is 0 Å². The Kier molecular flexibility index (Phi) is 3.97. The van der Waals surface area contributed by atoms with Crippen LogP contribution in [0.5, 0.6) is 0 Å². The van der Waals surface area contributed by atoms with Crippen molar-refractivity contribution in [3.63, 3.8) is 0 Å². The lowest BCUT2D eigenvalue weighted by molar-refractivity contribution is -0.384. The number of nitro benzene ring substituents is 1. The molecule has 3 N–H and O–H groups in total. The Morgan fingerprint density at radius 1 is 1.52 bits per heavy atom. The van der Waals surface area contributed by atoms with Crippen molar-refractivity contribution in [2.24, 2.45) is 11.1 Å². The van der Waals surface area contributed by atoms with Gasteiger partial charge in [0, 0.05) is 35.9 Å². The molecule has 1 aromatic rings. The third-order valence-electron chi connectivity index (χ3n) is 5.25. The van der Waals surface area contributed by atoms with Gasteiger partial charge in [-0.2, -0.15) is 0 Å². The van der Waals surface area contributed by atoms with E-state index in [0.717, 1.165) is 19.3 Å². The molecule has 0 radical (unpaired) electrons. The average molecular weight is 319 g/mol. The summed E-state index contributed by atoms with van der Waals surface area (Å²) in [5, 5.41) is 14.2. The van der Waals surface area contributed by atoms with Gasteiger partial charge in [-0.1, -0.05) is 6.42 Å². The number of non-ortho nitro benzene ring substituents is 1. The van der Waals surface area contributed by atoms with Gasteiger partial charge in [0.25, 0.3) is 11.6 Å². The molecule has 0 aliphatic heterocycles. The number of nitrogens with one attached hydrogen (secondary N) is 1. The molecule has 2 aliphatic rings. The molecule has 2 fully saturated rings. The Hall–Kier alpha value is -2.15. The van der Waals surface area contributed by atoms with Gasteiger partial charge in [-0.05, 0) is 32.3 Å². The van der Waals surface area contributed by atoms with E-state index >= 15 is 0 Å². The molecule has 2 unspecified atom stereocenters. The summed E-state index contributed by atoms with van der Waals surface area (Å²) < 4.78 is 5.81. The van der Waals surface area contributed by atoms with E-state index in [9.17, 15) is 14.9 Å². The number of anilines is 1. The molecule has 0 heterocycles. The first-order valence-electron chi connectivity index (χ1n) is 7.94. The molecule has 1 spiro atoms. The quantitative estimate of drug-likeness (QED) is 0.618. The maximum atomic E-state index is 11.6. The molecule has 0 aromatic heterocycles. The molecule has 7 nitrogen and oxygen atoms in total. The molecule has 7 heteroatoms. The molecule has 0 saturated heterocycles. The predicted molar refractivity (Wildman–Crippen MR) is 85.3 cm³/mol. The van der Waals surface area contributed by atoms with Crippen LogP contribution in [-0.2, 0) is 4.74 Å². The number of carbonyl (C=O) groups excluding carboxylic acids is 1. The molecule has 23 heavy (non-hydrogen) atoms. The molecule has 0 bridgehead atoms. The molecular weight excluding hydrogens is 298 g/mol. The number of rotatable bonds is 6. The van der Waals surface area contributed by atoms with Crippen LogP contribution in [0.3, 0.4) is 0 Å². The van der Waals surface area contributed by atoms with Gasteiger partial charge in [-0.15, -0.1) is 0 Å². The predicted octanol–water partition coefficient (Wildman–Crippen LogP) is 2.45. The van der Waals surface area contributed by atoms with Gasteiger partial charge in [0.05, 0.1) is 16.6 Å². The smallest absolute Gasteiger partial charge is 0.270 e. The second-order valence-electron chi connectivity index (χ2n) is 6.31. The molecule has 2 saturated carbocycles. The average Bonchev–Trinajstić information content (AvgIpc) is 2.44. The van der Waals surface area contributed by atoms with E-state index in [-0.39, 0.29) is 28.8 Å². The van der Waals surface area contributed by atoms with Crippen LogP contribution in [0.1, 0.15) is 43.0 Å². The minimum atomic E-state index is -0.667. The largest absolute Gasteiger partial charge is 0.381 e. The van der Waals surface area contributed by atoms with Crippen LogP contribution in [0.2, 0.25) is 0 Å². The summed E-state index contributed by atoms with van der Waals surface area (Å²) in [4.78, 5) is 22.0. The first-order chi connectivity index (χ1) is 11.0. The summed E-state index contributed by atoms with van der Waals surface area (Å²) >= 11 is 0. The van der Waals surface area contributed by atoms with Crippen LogP contribution < -0.4 is 11.1 Å². The van der Waals surface area contributed by atoms with Gasteiger partial charge in [-0.3, -0.25) is 14.9 Å². The van der Waals surface area contributed by atoms with Crippen molar-refractivity contribution in [1.82, 2.24) is 0 Å². The number of nitro groups is 1. The number of hydrogen-bond acceptors (Lipinski definition) is 5. The maximum Gasteiger partial charge on any atom is 0.270 e. The molecule has 124 valence electrons. The lowest BCUT2D eigenvalue weighted by Gasteiger charge is -2.61. The first-order valence-corrected chi connectivity index (χ1v) is 7.94. The Morgan fingerprint density at radius 2 is 2.26 bits per heavy atom. The van der Waals surface area contributed by atoms with E-state index in [2.05, 4.69) is 5.32 Å². The zero-order chi connectivity index (χ0) is 16.6. The van der Waals surface area contributed by atoms with Crippen molar-refractivity contribution in [3.8, 4) is 0 Å². The third-order valence-corrected chi connectivity index (χ3v) is 5.25. The molecule has 1 amide bonds. The molecule has 1 aromatic carbocycles. The van der Waals surface area contributed by atoms with Crippen molar-refractivity contribution < 1.29 is 14.5 Å². The molecule has 3 rings (SSSR count). The Bertz CT molecular complexity index is 642. The van der Waals surface area contributed by atoms with Gasteiger partial charge in [0.1, 0.15) is 0 Å². The third kappa shape index (κ3) is 2.55. The van der Waals surface area contributed by atoms with Gasteiger partial charge < -0.3 is 15.8 Å². The van der Waals surface area contributed by atoms with E-state index in [1.165, 1.54) is 18.6 Å². The van der Waals surface area contributed by atoms with E-state index in [1.807, 2.05) is 6.92 Å². The number of primary amides is 1. The Labute approximate surface area is 134 Å². The van der Waals surface area contributed by atoms with Gasteiger partial charge in [-0.25, -0.2) is 0 Å². The van der Waals surface area contributed by atoms with Crippen LogP contribution in [0.25, 0.3) is 0 Å². The van der Waals surface area contributed by atoms with Crippen LogP contribution >= 0.6 is 0 Å². The topological polar surface area (TPSA) is 107 Å². The van der Waals surface area contributed by atoms with Crippen LogP contribution in [-0.4, -0.2) is 29.6 Å². The monoisotopic (exact) mass is 319 g/mol. The van der Waals surface area contributed by atoms with Crippen LogP contribution in [0, 0.1) is 15.5 Å². The maximum absolute atomic E-state index is 11.6. The summed E-state index contributed by atoms with van der Waals surface area (Å²) in [7, 11) is 0. The highest BCUT2D eigenvalue weighted by atomic mass is 16.6.